The second-order valence-electron chi connectivity index (χ2n) is 6.16. The number of hydrogen-bond acceptors (Lipinski definition) is 3. The smallest absolute Gasteiger partial charge is 0.249 e. The summed E-state index contributed by atoms with van der Waals surface area (Å²) in [5.41, 5.74) is 6.58. The van der Waals surface area contributed by atoms with Crippen LogP contribution < -0.4 is 5.73 Å². The highest BCUT2D eigenvalue weighted by Crippen LogP contribution is 2.36. The third kappa shape index (κ3) is 3.05. The number of carbonyl (C=O) groups is 2. The lowest BCUT2D eigenvalue weighted by atomic mass is 9.71. The van der Waals surface area contributed by atoms with Crippen LogP contribution in [0.2, 0.25) is 0 Å². The third-order valence-electron chi connectivity index (χ3n) is 4.80. The molecule has 25 heavy (non-hydrogen) atoms. The Balaban J connectivity index is 2.04. The molecule has 0 bridgehead atoms. The molecule has 1 heterocycles. The van der Waals surface area contributed by atoms with E-state index in [9.17, 15) is 9.59 Å². The third-order valence-corrected chi connectivity index (χ3v) is 4.80. The maximum absolute atomic E-state index is 12.7. The Bertz CT molecular complexity index is 761. The molecule has 3 rings (SSSR count). The SMILES string of the molecule is CC1=NCC(=O)N1CCC(C(N)=O)(c1ccccc1)c1ccccc1. The van der Waals surface area contributed by atoms with Gasteiger partial charge in [-0.15, -0.1) is 0 Å². The number of benzene rings is 2. The summed E-state index contributed by atoms with van der Waals surface area (Å²) < 4.78 is 0. The summed E-state index contributed by atoms with van der Waals surface area (Å²) in [5.74, 6) is 0.215. The van der Waals surface area contributed by atoms with Gasteiger partial charge in [-0.1, -0.05) is 60.7 Å². The molecule has 0 saturated carbocycles. The summed E-state index contributed by atoms with van der Waals surface area (Å²) in [7, 11) is 0. The molecule has 2 amide bonds. The van der Waals surface area contributed by atoms with Gasteiger partial charge in [0.25, 0.3) is 0 Å². The molecular formula is C20H21N3O2. The van der Waals surface area contributed by atoms with Crippen LogP contribution in [0, 0.1) is 0 Å². The minimum atomic E-state index is -0.994. The number of primary amides is 1. The van der Waals surface area contributed by atoms with Gasteiger partial charge < -0.3 is 5.73 Å². The Labute approximate surface area is 147 Å². The first-order valence-corrected chi connectivity index (χ1v) is 8.28. The number of amidine groups is 1. The first-order chi connectivity index (χ1) is 12.1. The van der Waals surface area contributed by atoms with Crippen molar-refractivity contribution in [1.29, 1.82) is 0 Å². The van der Waals surface area contributed by atoms with Crippen LogP contribution in [0.15, 0.2) is 65.7 Å². The molecule has 0 saturated heterocycles. The number of amides is 2. The summed E-state index contributed by atoms with van der Waals surface area (Å²) in [5, 5.41) is 0. The van der Waals surface area contributed by atoms with E-state index < -0.39 is 11.3 Å². The van der Waals surface area contributed by atoms with Gasteiger partial charge >= 0.3 is 0 Å². The predicted molar refractivity (Wildman–Crippen MR) is 97.2 cm³/mol. The Hall–Kier alpha value is -2.95. The summed E-state index contributed by atoms with van der Waals surface area (Å²) >= 11 is 0. The van der Waals surface area contributed by atoms with E-state index in [4.69, 9.17) is 5.73 Å². The lowest BCUT2D eigenvalue weighted by Crippen LogP contribution is -2.45. The molecule has 0 radical (unpaired) electrons. The number of rotatable bonds is 6. The molecule has 2 N–H and O–H groups in total. The number of hydrogen-bond donors (Lipinski definition) is 1. The van der Waals surface area contributed by atoms with Gasteiger partial charge in [0.2, 0.25) is 11.8 Å². The van der Waals surface area contributed by atoms with Crippen molar-refractivity contribution in [3.05, 3.63) is 71.8 Å². The van der Waals surface area contributed by atoms with Crippen LogP contribution in [0.25, 0.3) is 0 Å². The molecule has 0 unspecified atom stereocenters. The normalized spacial score (nSPS) is 14.5. The van der Waals surface area contributed by atoms with Crippen molar-refractivity contribution in [2.24, 2.45) is 10.7 Å². The molecule has 1 aliphatic rings. The molecule has 5 nitrogen and oxygen atoms in total. The van der Waals surface area contributed by atoms with E-state index in [2.05, 4.69) is 4.99 Å². The fourth-order valence-corrected chi connectivity index (χ4v) is 3.41. The summed E-state index contributed by atoms with van der Waals surface area (Å²) in [6, 6.07) is 19.0. The Morgan fingerprint density at radius 2 is 1.60 bits per heavy atom. The van der Waals surface area contributed by atoms with Crippen molar-refractivity contribution in [2.75, 3.05) is 13.1 Å². The van der Waals surface area contributed by atoms with Crippen LogP contribution in [0.5, 0.6) is 0 Å². The van der Waals surface area contributed by atoms with Gasteiger partial charge in [0, 0.05) is 6.54 Å². The van der Waals surface area contributed by atoms with Gasteiger partial charge in [0.15, 0.2) is 0 Å². The average Bonchev–Trinajstić information content (AvgIpc) is 2.95. The van der Waals surface area contributed by atoms with Gasteiger partial charge in [-0.25, -0.2) is 0 Å². The van der Waals surface area contributed by atoms with Crippen LogP contribution >= 0.6 is 0 Å². The van der Waals surface area contributed by atoms with Crippen molar-refractivity contribution >= 4 is 17.6 Å². The molecule has 1 aliphatic heterocycles. The van der Waals surface area contributed by atoms with Crippen LogP contribution in [0.1, 0.15) is 24.5 Å². The Morgan fingerprint density at radius 1 is 1.08 bits per heavy atom. The molecule has 0 atom stereocenters. The summed E-state index contributed by atoms with van der Waals surface area (Å²) in [4.78, 5) is 30.5. The van der Waals surface area contributed by atoms with E-state index in [-0.39, 0.29) is 12.5 Å². The van der Waals surface area contributed by atoms with E-state index in [1.54, 1.807) is 4.90 Å². The highest BCUT2D eigenvalue weighted by molar-refractivity contribution is 6.03. The van der Waals surface area contributed by atoms with Crippen molar-refractivity contribution < 1.29 is 9.59 Å². The molecule has 2 aromatic carbocycles. The summed E-state index contributed by atoms with van der Waals surface area (Å²) in [6.07, 6.45) is 0.398. The molecule has 0 aromatic heterocycles. The van der Waals surface area contributed by atoms with Crippen LogP contribution in [-0.4, -0.2) is 35.6 Å². The fourth-order valence-electron chi connectivity index (χ4n) is 3.41. The molecule has 0 fully saturated rings. The monoisotopic (exact) mass is 335 g/mol. The van der Waals surface area contributed by atoms with Crippen molar-refractivity contribution in [1.82, 2.24) is 4.90 Å². The number of nitrogens with zero attached hydrogens (tertiary/aromatic N) is 2. The van der Waals surface area contributed by atoms with Gasteiger partial charge in [0.05, 0.1) is 0 Å². The highest BCUT2D eigenvalue weighted by Gasteiger charge is 2.41. The standard InChI is InChI=1S/C20H21N3O2/c1-15-22-14-18(24)23(15)13-12-20(19(21)25,16-8-4-2-5-9-16)17-10-6-3-7-11-17/h2-11H,12-14H2,1H3,(H2,21,25). The maximum Gasteiger partial charge on any atom is 0.249 e. The first kappa shape index (κ1) is 16.9. The molecule has 0 aliphatic carbocycles. The number of nitrogens with two attached hydrogens (primary N) is 1. The molecule has 5 heteroatoms. The maximum atomic E-state index is 12.7. The van der Waals surface area contributed by atoms with Crippen molar-refractivity contribution in [2.45, 2.75) is 18.8 Å². The number of carbonyl (C=O) groups excluding carboxylic acids is 2. The van der Waals surface area contributed by atoms with E-state index in [1.165, 1.54) is 0 Å². The largest absolute Gasteiger partial charge is 0.369 e. The van der Waals surface area contributed by atoms with E-state index in [0.29, 0.717) is 18.8 Å². The predicted octanol–water partition coefficient (Wildman–Crippen LogP) is 2.11. The highest BCUT2D eigenvalue weighted by atomic mass is 16.2. The Kier molecular flexibility index (Phi) is 4.65. The number of aliphatic imine (C=N–C) groups is 1. The lowest BCUT2D eigenvalue weighted by molar-refractivity contribution is -0.126. The minimum absolute atomic E-state index is 0.0445. The van der Waals surface area contributed by atoms with Crippen molar-refractivity contribution in [3.63, 3.8) is 0 Å². The van der Waals surface area contributed by atoms with Gasteiger partial charge in [0.1, 0.15) is 17.8 Å². The molecule has 0 spiro atoms. The van der Waals surface area contributed by atoms with E-state index in [0.717, 1.165) is 11.1 Å². The zero-order valence-corrected chi connectivity index (χ0v) is 14.2. The van der Waals surface area contributed by atoms with Crippen LogP contribution in [-0.2, 0) is 15.0 Å². The van der Waals surface area contributed by atoms with E-state index >= 15 is 0 Å². The van der Waals surface area contributed by atoms with Crippen LogP contribution in [0.3, 0.4) is 0 Å². The van der Waals surface area contributed by atoms with Gasteiger partial charge in [-0.3, -0.25) is 19.5 Å². The van der Waals surface area contributed by atoms with Gasteiger partial charge in [-0.2, -0.15) is 0 Å². The first-order valence-electron chi connectivity index (χ1n) is 8.28. The molecule has 2 aromatic rings. The lowest BCUT2D eigenvalue weighted by Gasteiger charge is -2.33. The van der Waals surface area contributed by atoms with Gasteiger partial charge in [-0.05, 0) is 24.5 Å². The second-order valence-corrected chi connectivity index (χ2v) is 6.16. The molecule has 128 valence electrons. The van der Waals surface area contributed by atoms with Crippen LogP contribution in [0.4, 0.5) is 0 Å². The topological polar surface area (TPSA) is 75.8 Å². The minimum Gasteiger partial charge on any atom is -0.369 e. The fraction of sp³-hybridized carbons (Fsp3) is 0.250. The van der Waals surface area contributed by atoms with Crippen molar-refractivity contribution in [3.8, 4) is 0 Å². The second kappa shape index (κ2) is 6.89. The average molecular weight is 335 g/mol. The molecular weight excluding hydrogens is 314 g/mol. The summed E-state index contributed by atoms with van der Waals surface area (Å²) in [6.45, 7) is 2.37. The zero-order chi connectivity index (χ0) is 17.9. The zero-order valence-electron chi connectivity index (χ0n) is 14.2. The quantitative estimate of drug-likeness (QED) is 0.878. The van der Waals surface area contributed by atoms with E-state index in [1.807, 2.05) is 67.6 Å². The Morgan fingerprint density at radius 3 is 2.00 bits per heavy atom.